The largest absolute Gasteiger partial charge is 0.393 e. The molecule has 2 fully saturated rings. The van der Waals surface area contributed by atoms with Crippen LogP contribution in [0, 0.1) is 0 Å². The van der Waals surface area contributed by atoms with Gasteiger partial charge in [0.2, 0.25) is 15.9 Å². The van der Waals surface area contributed by atoms with Crippen LogP contribution >= 0.6 is 0 Å². The van der Waals surface area contributed by atoms with E-state index in [1.165, 1.54) is 0 Å². The SMILES string of the molecule is O=C(Cc1ccc(NS(=O)(=O)C2CC2)cc1)N1CCC(O)CC1. The van der Waals surface area contributed by atoms with Crippen LogP contribution in [0.5, 0.6) is 0 Å². The number of nitrogens with zero attached hydrogens (tertiary/aromatic N) is 1. The Bertz CT molecular complexity index is 660. The molecule has 0 atom stereocenters. The van der Waals surface area contributed by atoms with Crippen LogP contribution in [-0.4, -0.2) is 48.8 Å². The lowest BCUT2D eigenvalue weighted by Crippen LogP contribution is -2.40. The number of piperidine rings is 1. The van der Waals surface area contributed by atoms with Crippen molar-refractivity contribution in [3.63, 3.8) is 0 Å². The maximum Gasteiger partial charge on any atom is 0.235 e. The zero-order chi connectivity index (χ0) is 16.4. The molecule has 1 aliphatic carbocycles. The molecule has 7 heteroatoms. The predicted molar refractivity (Wildman–Crippen MR) is 87.5 cm³/mol. The van der Waals surface area contributed by atoms with Gasteiger partial charge in [0.1, 0.15) is 0 Å². The first-order chi connectivity index (χ1) is 10.9. The van der Waals surface area contributed by atoms with Crippen molar-refractivity contribution >= 4 is 21.6 Å². The van der Waals surface area contributed by atoms with Gasteiger partial charge in [-0.2, -0.15) is 0 Å². The molecule has 2 N–H and O–H groups in total. The van der Waals surface area contributed by atoms with Crippen molar-refractivity contribution in [3.8, 4) is 0 Å². The fraction of sp³-hybridized carbons (Fsp3) is 0.562. The number of aliphatic hydroxyl groups is 1. The van der Waals surface area contributed by atoms with E-state index in [2.05, 4.69) is 4.72 Å². The number of hydrogen-bond acceptors (Lipinski definition) is 4. The van der Waals surface area contributed by atoms with E-state index < -0.39 is 10.0 Å². The topological polar surface area (TPSA) is 86.7 Å². The van der Waals surface area contributed by atoms with Crippen LogP contribution in [0.3, 0.4) is 0 Å². The molecule has 2 aliphatic rings. The van der Waals surface area contributed by atoms with Crippen molar-refractivity contribution in [2.45, 2.75) is 43.5 Å². The number of nitrogens with one attached hydrogen (secondary N) is 1. The molecule has 1 aromatic carbocycles. The maximum absolute atomic E-state index is 12.2. The summed E-state index contributed by atoms with van der Waals surface area (Å²) in [6.45, 7) is 1.19. The van der Waals surface area contributed by atoms with Gasteiger partial charge in [0.25, 0.3) is 0 Å². The number of carbonyl (C=O) groups excluding carboxylic acids is 1. The van der Waals surface area contributed by atoms with Crippen LogP contribution in [-0.2, 0) is 21.2 Å². The highest BCUT2D eigenvalue weighted by Gasteiger charge is 2.35. The normalized spacial score (nSPS) is 19.6. The van der Waals surface area contributed by atoms with Gasteiger partial charge >= 0.3 is 0 Å². The van der Waals surface area contributed by atoms with Gasteiger partial charge in [0, 0.05) is 18.8 Å². The third-order valence-corrected chi connectivity index (χ3v) is 6.22. The smallest absolute Gasteiger partial charge is 0.235 e. The second-order valence-corrected chi connectivity index (χ2v) is 8.29. The first-order valence-corrected chi connectivity index (χ1v) is 9.55. The third-order valence-electron chi connectivity index (χ3n) is 4.35. The van der Waals surface area contributed by atoms with E-state index in [1.807, 2.05) is 0 Å². The monoisotopic (exact) mass is 338 g/mol. The quantitative estimate of drug-likeness (QED) is 0.842. The van der Waals surface area contributed by atoms with Gasteiger partial charge in [0.15, 0.2) is 0 Å². The average Bonchev–Trinajstić information content (AvgIpc) is 3.35. The van der Waals surface area contributed by atoms with E-state index in [4.69, 9.17) is 0 Å². The maximum atomic E-state index is 12.2. The minimum Gasteiger partial charge on any atom is -0.393 e. The molecule has 23 heavy (non-hydrogen) atoms. The summed E-state index contributed by atoms with van der Waals surface area (Å²) in [4.78, 5) is 14.0. The zero-order valence-electron chi connectivity index (χ0n) is 12.9. The second kappa shape index (κ2) is 6.49. The summed E-state index contributed by atoms with van der Waals surface area (Å²) in [6.07, 6.45) is 2.73. The highest BCUT2D eigenvalue weighted by Crippen LogP contribution is 2.29. The molecule has 1 saturated carbocycles. The molecule has 1 heterocycles. The van der Waals surface area contributed by atoms with Crippen molar-refractivity contribution < 1.29 is 18.3 Å². The highest BCUT2D eigenvalue weighted by molar-refractivity contribution is 7.93. The Labute approximate surface area is 136 Å². The molecular formula is C16H22N2O4S. The second-order valence-electron chi connectivity index (χ2n) is 6.33. The predicted octanol–water partition coefficient (Wildman–Crippen LogP) is 1.12. The number of amides is 1. The Balaban J connectivity index is 1.56. The Morgan fingerprint density at radius 3 is 2.30 bits per heavy atom. The number of sulfonamides is 1. The first kappa shape index (κ1) is 16.3. The standard InChI is InChI=1S/C16H22N2O4S/c19-14-7-9-18(10-8-14)16(20)11-12-1-3-13(4-2-12)17-23(21,22)15-5-6-15/h1-4,14-15,17,19H,5-11H2. The van der Waals surface area contributed by atoms with Crippen molar-refractivity contribution in [1.82, 2.24) is 4.90 Å². The fourth-order valence-electron chi connectivity index (χ4n) is 2.72. The van der Waals surface area contributed by atoms with Crippen LogP contribution in [0.25, 0.3) is 0 Å². The van der Waals surface area contributed by atoms with Crippen LogP contribution in [0.15, 0.2) is 24.3 Å². The Hall–Kier alpha value is -1.60. The van der Waals surface area contributed by atoms with Crippen LogP contribution < -0.4 is 4.72 Å². The number of anilines is 1. The third kappa shape index (κ3) is 4.23. The summed E-state index contributed by atoms with van der Waals surface area (Å²) < 4.78 is 26.3. The van der Waals surface area contributed by atoms with Crippen molar-refractivity contribution in [3.05, 3.63) is 29.8 Å². The summed E-state index contributed by atoms with van der Waals surface area (Å²) in [7, 11) is -3.25. The van der Waals surface area contributed by atoms with Gasteiger partial charge < -0.3 is 10.0 Å². The molecule has 0 radical (unpaired) electrons. The van der Waals surface area contributed by atoms with Gasteiger partial charge in [-0.05, 0) is 43.4 Å². The minimum absolute atomic E-state index is 0.0446. The van der Waals surface area contributed by atoms with Crippen LogP contribution in [0.1, 0.15) is 31.2 Å². The van der Waals surface area contributed by atoms with E-state index in [-0.39, 0.29) is 17.3 Å². The van der Waals surface area contributed by atoms with E-state index in [0.29, 0.717) is 38.0 Å². The summed E-state index contributed by atoms with van der Waals surface area (Å²) in [5.74, 6) is 0.0446. The molecule has 3 rings (SSSR count). The molecule has 0 unspecified atom stereocenters. The van der Waals surface area contributed by atoms with E-state index in [0.717, 1.165) is 18.4 Å². The van der Waals surface area contributed by atoms with Crippen LogP contribution in [0.2, 0.25) is 0 Å². The Kier molecular flexibility index (Phi) is 4.59. The summed E-state index contributed by atoms with van der Waals surface area (Å²) >= 11 is 0. The lowest BCUT2D eigenvalue weighted by molar-refractivity contribution is -0.132. The van der Waals surface area contributed by atoms with Gasteiger partial charge in [-0.15, -0.1) is 0 Å². The molecule has 6 nitrogen and oxygen atoms in total. The molecule has 1 saturated heterocycles. The van der Waals surface area contributed by atoms with Gasteiger partial charge in [-0.25, -0.2) is 8.42 Å². The van der Waals surface area contributed by atoms with Gasteiger partial charge in [-0.1, -0.05) is 12.1 Å². The lowest BCUT2D eigenvalue weighted by atomic mass is 10.1. The number of likely N-dealkylation sites (tertiary alicyclic amines) is 1. The van der Waals surface area contributed by atoms with Gasteiger partial charge in [0.05, 0.1) is 17.8 Å². The minimum atomic E-state index is -3.25. The average molecular weight is 338 g/mol. The molecular weight excluding hydrogens is 316 g/mol. The molecule has 1 aromatic rings. The van der Waals surface area contributed by atoms with E-state index in [1.54, 1.807) is 29.2 Å². The number of aliphatic hydroxyl groups excluding tert-OH is 1. The Morgan fingerprint density at radius 1 is 1.13 bits per heavy atom. The van der Waals surface area contributed by atoms with Crippen molar-refractivity contribution in [2.75, 3.05) is 17.8 Å². The zero-order valence-corrected chi connectivity index (χ0v) is 13.8. The van der Waals surface area contributed by atoms with E-state index in [9.17, 15) is 18.3 Å². The van der Waals surface area contributed by atoms with Crippen molar-refractivity contribution in [1.29, 1.82) is 0 Å². The molecule has 126 valence electrons. The molecule has 1 aliphatic heterocycles. The molecule has 1 amide bonds. The van der Waals surface area contributed by atoms with Gasteiger partial charge in [-0.3, -0.25) is 9.52 Å². The highest BCUT2D eigenvalue weighted by atomic mass is 32.2. The molecule has 0 bridgehead atoms. The number of carbonyl (C=O) groups is 1. The fourth-order valence-corrected chi connectivity index (χ4v) is 4.11. The Morgan fingerprint density at radius 2 is 1.74 bits per heavy atom. The van der Waals surface area contributed by atoms with E-state index >= 15 is 0 Å². The molecule has 0 spiro atoms. The first-order valence-electron chi connectivity index (χ1n) is 8.00. The summed E-state index contributed by atoms with van der Waals surface area (Å²) in [5.41, 5.74) is 1.39. The summed E-state index contributed by atoms with van der Waals surface area (Å²) in [5, 5.41) is 9.22. The number of rotatable bonds is 5. The van der Waals surface area contributed by atoms with Crippen LogP contribution in [0.4, 0.5) is 5.69 Å². The number of hydrogen-bond donors (Lipinski definition) is 2. The molecule has 0 aromatic heterocycles. The lowest BCUT2D eigenvalue weighted by Gasteiger charge is -2.29. The van der Waals surface area contributed by atoms with Crippen molar-refractivity contribution in [2.24, 2.45) is 0 Å². The number of benzene rings is 1. The summed E-state index contributed by atoms with van der Waals surface area (Å²) in [6, 6.07) is 6.95.